The highest BCUT2D eigenvalue weighted by Gasteiger charge is 2.52. The van der Waals surface area contributed by atoms with Crippen LogP contribution in [0.1, 0.15) is 28.2 Å². The van der Waals surface area contributed by atoms with Crippen LogP contribution in [0.4, 0.5) is 18.9 Å². The number of likely N-dealkylation sites (tertiary alicyclic amines) is 1. The van der Waals surface area contributed by atoms with E-state index in [1.54, 1.807) is 4.90 Å². The zero-order valence-electron chi connectivity index (χ0n) is 15.9. The predicted molar refractivity (Wildman–Crippen MR) is 102 cm³/mol. The van der Waals surface area contributed by atoms with Gasteiger partial charge in [0.2, 0.25) is 11.7 Å². The number of rotatable bonds is 2. The number of carbonyl (C=O) groups is 2. The summed E-state index contributed by atoms with van der Waals surface area (Å²) in [5, 5.41) is 6.22. The number of halogens is 3. The van der Waals surface area contributed by atoms with Crippen LogP contribution in [0.3, 0.4) is 0 Å². The molecule has 1 N–H and O–H groups in total. The number of nitrogens with one attached hydrogen (secondary N) is 1. The molecular weight excluding hydrogens is 413 g/mol. The number of hydrogen-bond acceptors (Lipinski definition) is 5. The van der Waals surface area contributed by atoms with Gasteiger partial charge in [0.15, 0.2) is 0 Å². The summed E-state index contributed by atoms with van der Waals surface area (Å²) >= 11 is 0. The molecule has 2 aromatic carbocycles. The molecule has 2 aliphatic rings. The quantitative estimate of drug-likeness (QED) is 0.675. The van der Waals surface area contributed by atoms with Crippen molar-refractivity contribution in [2.45, 2.75) is 18.0 Å². The van der Waals surface area contributed by atoms with E-state index in [2.05, 4.69) is 20.0 Å². The van der Waals surface area contributed by atoms with Crippen molar-refractivity contribution in [1.29, 1.82) is 0 Å². The Hall–Kier alpha value is -3.69. The van der Waals surface area contributed by atoms with E-state index in [9.17, 15) is 22.8 Å². The molecule has 2 amide bonds. The Kier molecular flexibility index (Phi) is 4.14. The molecule has 1 atom stereocenters. The van der Waals surface area contributed by atoms with Gasteiger partial charge in [0.25, 0.3) is 5.91 Å². The van der Waals surface area contributed by atoms with Crippen molar-refractivity contribution in [1.82, 2.24) is 15.0 Å². The summed E-state index contributed by atoms with van der Waals surface area (Å²) < 4.78 is 42.1. The van der Waals surface area contributed by atoms with Crippen LogP contribution in [-0.4, -0.2) is 39.9 Å². The van der Waals surface area contributed by atoms with Gasteiger partial charge in [0, 0.05) is 29.9 Å². The molecule has 1 spiro atoms. The first-order chi connectivity index (χ1) is 14.8. The van der Waals surface area contributed by atoms with Crippen LogP contribution in [0, 0.1) is 0 Å². The summed E-state index contributed by atoms with van der Waals surface area (Å²) in [6.07, 6.45) is -4.21. The van der Waals surface area contributed by atoms with Crippen LogP contribution in [-0.2, 0) is 16.4 Å². The van der Waals surface area contributed by atoms with Crippen LogP contribution in [0.15, 0.2) is 53.1 Å². The zero-order valence-corrected chi connectivity index (χ0v) is 15.9. The van der Waals surface area contributed by atoms with Crippen molar-refractivity contribution in [3.05, 3.63) is 65.5 Å². The molecule has 7 nitrogen and oxygen atoms in total. The lowest BCUT2D eigenvalue weighted by Crippen LogP contribution is -2.39. The van der Waals surface area contributed by atoms with Gasteiger partial charge in [-0.2, -0.15) is 18.2 Å². The van der Waals surface area contributed by atoms with Crippen molar-refractivity contribution in [3.8, 4) is 11.4 Å². The Bertz CT molecular complexity index is 1190. The zero-order chi connectivity index (χ0) is 21.8. The second-order valence-electron chi connectivity index (χ2n) is 7.56. The summed E-state index contributed by atoms with van der Waals surface area (Å²) in [4.78, 5) is 30.6. The number of anilines is 1. The summed E-state index contributed by atoms with van der Waals surface area (Å²) in [6.45, 7) is 0.679. The molecule has 3 aromatic rings. The number of amides is 2. The molecule has 2 aliphatic heterocycles. The molecule has 0 saturated carbocycles. The molecule has 0 bridgehead atoms. The fourth-order valence-electron chi connectivity index (χ4n) is 4.16. The molecule has 10 heteroatoms. The lowest BCUT2D eigenvalue weighted by atomic mass is 9.81. The number of fused-ring (bicyclic) bond motifs is 2. The fraction of sp³-hybridized carbons (Fsp3) is 0.238. The Morgan fingerprint density at radius 1 is 1.13 bits per heavy atom. The lowest BCUT2D eigenvalue weighted by Gasteiger charge is -2.22. The second-order valence-corrected chi connectivity index (χ2v) is 7.56. The maximum absolute atomic E-state index is 13.0. The van der Waals surface area contributed by atoms with Crippen molar-refractivity contribution in [2.75, 3.05) is 18.4 Å². The summed E-state index contributed by atoms with van der Waals surface area (Å²) in [7, 11) is 0. The van der Waals surface area contributed by atoms with Gasteiger partial charge in [0.05, 0.1) is 5.41 Å². The van der Waals surface area contributed by atoms with Gasteiger partial charge in [-0.15, -0.1) is 0 Å². The number of aromatic nitrogens is 2. The third-order valence-electron chi connectivity index (χ3n) is 5.74. The standard InChI is InChI=1S/C21H15F3N4O3/c22-21(23,24)19-26-16(27-31-19)12-5-7-13(8-6-12)17(29)28-10-9-20(11-28)14-3-1-2-4-15(14)25-18(20)30/h1-8H,9-11H2,(H,25,30). The number of carbonyl (C=O) groups excluding carboxylic acids is 2. The number of benzene rings is 2. The molecule has 0 radical (unpaired) electrons. The molecule has 158 valence electrons. The second kappa shape index (κ2) is 6.66. The molecule has 1 aromatic heterocycles. The number of para-hydroxylation sites is 1. The van der Waals surface area contributed by atoms with Gasteiger partial charge in [-0.25, -0.2) is 0 Å². The minimum Gasteiger partial charge on any atom is -0.337 e. The largest absolute Gasteiger partial charge is 0.471 e. The molecular formula is C21H15F3N4O3. The average Bonchev–Trinajstić information content (AvgIpc) is 3.47. The highest BCUT2D eigenvalue weighted by Crippen LogP contribution is 2.44. The minimum atomic E-state index is -4.72. The van der Waals surface area contributed by atoms with Gasteiger partial charge in [-0.05, 0) is 30.2 Å². The van der Waals surface area contributed by atoms with Crippen molar-refractivity contribution in [2.24, 2.45) is 0 Å². The molecule has 0 aliphatic carbocycles. The minimum absolute atomic E-state index is 0.114. The fourth-order valence-corrected chi connectivity index (χ4v) is 4.16. The van der Waals surface area contributed by atoms with Crippen LogP contribution in [0.25, 0.3) is 11.4 Å². The summed E-state index contributed by atoms with van der Waals surface area (Å²) in [6, 6.07) is 13.4. The van der Waals surface area contributed by atoms with Gasteiger partial charge >= 0.3 is 12.1 Å². The highest BCUT2D eigenvalue weighted by molar-refractivity contribution is 6.07. The Morgan fingerprint density at radius 2 is 1.87 bits per heavy atom. The Labute approximate surface area is 173 Å². The topological polar surface area (TPSA) is 88.3 Å². The first-order valence-corrected chi connectivity index (χ1v) is 9.49. The monoisotopic (exact) mass is 428 g/mol. The molecule has 1 fully saturated rings. The van der Waals surface area contributed by atoms with Gasteiger partial charge < -0.3 is 14.7 Å². The van der Waals surface area contributed by atoms with Crippen LogP contribution in [0.2, 0.25) is 0 Å². The number of alkyl halides is 3. The number of hydrogen-bond donors (Lipinski definition) is 1. The molecule has 1 saturated heterocycles. The van der Waals surface area contributed by atoms with Gasteiger partial charge in [0.1, 0.15) is 0 Å². The smallest absolute Gasteiger partial charge is 0.337 e. The van der Waals surface area contributed by atoms with Gasteiger partial charge in [-0.3, -0.25) is 9.59 Å². The van der Waals surface area contributed by atoms with Crippen molar-refractivity contribution >= 4 is 17.5 Å². The third-order valence-corrected chi connectivity index (χ3v) is 5.74. The molecule has 5 rings (SSSR count). The Balaban J connectivity index is 1.35. The summed E-state index contributed by atoms with van der Waals surface area (Å²) in [5.74, 6) is -2.02. The maximum Gasteiger partial charge on any atom is 0.471 e. The number of nitrogens with zero attached hydrogens (tertiary/aromatic N) is 3. The van der Waals surface area contributed by atoms with E-state index in [1.807, 2.05) is 24.3 Å². The molecule has 3 heterocycles. The van der Waals surface area contributed by atoms with Gasteiger partial charge in [-0.1, -0.05) is 35.5 Å². The van der Waals surface area contributed by atoms with E-state index in [4.69, 9.17) is 0 Å². The first-order valence-electron chi connectivity index (χ1n) is 9.49. The van der Waals surface area contributed by atoms with E-state index >= 15 is 0 Å². The van der Waals surface area contributed by atoms with Crippen LogP contribution in [0.5, 0.6) is 0 Å². The van der Waals surface area contributed by atoms with Crippen LogP contribution >= 0.6 is 0 Å². The third kappa shape index (κ3) is 3.06. The normalized spacial score (nSPS) is 20.2. The molecule has 1 unspecified atom stereocenters. The van der Waals surface area contributed by atoms with Crippen molar-refractivity contribution in [3.63, 3.8) is 0 Å². The van der Waals surface area contributed by atoms with Crippen LogP contribution < -0.4 is 5.32 Å². The molecule has 31 heavy (non-hydrogen) atoms. The van der Waals surface area contributed by atoms with E-state index in [1.165, 1.54) is 24.3 Å². The SMILES string of the molecule is O=C(c1ccc(-c2noc(C(F)(F)F)n2)cc1)N1CCC2(C1)C(=O)Nc1ccccc12. The van der Waals surface area contributed by atoms with E-state index in [0.29, 0.717) is 18.5 Å². The predicted octanol–water partition coefficient (Wildman–Crippen LogP) is 3.49. The lowest BCUT2D eigenvalue weighted by molar-refractivity contribution is -0.159. The van der Waals surface area contributed by atoms with E-state index in [-0.39, 0.29) is 29.7 Å². The Morgan fingerprint density at radius 3 is 2.58 bits per heavy atom. The van der Waals surface area contributed by atoms with E-state index in [0.717, 1.165) is 11.3 Å². The first kappa shape index (κ1) is 19.3. The van der Waals surface area contributed by atoms with E-state index < -0.39 is 17.5 Å². The van der Waals surface area contributed by atoms with Crippen molar-refractivity contribution < 1.29 is 27.3 Å². The highest BCUT2D eigenvalue weighted by atomic mass is 19.4. The summed E-state index contributed by atoms with van der Waals surface area (Å²) in [5.41, 5.74) is 1.54. The average molecular weight is 428 g/mol. The maximum atomic E-state index is 13.0.